The van der Waals surface area contributed by atoms with Crippen LogP contribution in [0.25, 0.3) is 0 Å². The highest BCUT2D eigenvalue weighted by atomic mass is 16.1. The van der Waals surface area contributed by atoms with Gasteiger partial charge in [0.05, 0.1) is 0 Å². The Bertz CT molecular complexity index is 85.0. The van der Waals surface area contributed by atoms with E-state index in [9.17, 15) is 4.79 Å². The summed E-state index contributed by atoms with van der Waals surface area (Å²) in [5.74, 6) is 0.639. The molecule has 2 heteroatoms. The first-order chi connectivity index (χ1) is 5.54. The Kier molecular flexibility index (Phi) is 24.6. The highest BCUT2D eigenvalue weighted by molar-refractivity contribution is 5.73. The maximum atomic E-state index is 9.59. The molecule has 0 heterocycles. The average Bonchev–Trinajstić information content (AvgIpc) is 2.09. The summed E-state index contributed by atoms with van der Waals surface area (Å²) >= 11 is 0. The van der Waals surface area contributed by atoms with Crippen LogP contribution in [0.4, 0.5) is 0 Å². The topological polar surface area (TPSA) is 43.1 Å². The summed E-state index contributed by atoms with van der Waals surface area (Å²) in [6.45, 7) is 12.4. The third-order valence-electron chi connectivity index (χ3n) is 1.16. The zero-order valence-corrected chi connectivity index (χ0v) is 9.48. The van der Waals surface area contributed by atoms with E-state index < -0.39 is 0 Å². The van der Waals surface area contributed by atoms with Crippen molar-refractivity contribution >= 4 is 5.91 Å². The van der Waals surface area contributed by atoms with E-state index in [-0.39, 0.29) is 7.33 Å². The second-order valence-corrected chi connectivity index (χ2v) is 2.62. The molecule has 78 valence electrons. The lowest BCUT2D eigenvalue weighted by Gasteiger charge is -1.90. The second kappa shape index (κ2) is 16.8. The number of primary amides is 1. The smallest absolute Gasteiger partial charge is 0.217 e. The molecule has 2 nitrogen and oxygen atoms in total. The highest BCUT2D eigenvalue weighted by Crippen LogP contribution is 1.93. The third-order valence-corrected chi connectivity index (χ3v) is 1.16. The Hall–Kier alpha value is -0.530. The van der Waals surface area contributed by atoms with Gasteiger partial charge in [-0.05, 0) is 5.92 Å². The number of hydrogen-bond acceptors (Lipinski definition) is 1. The van der Waals surface area contributed by atoms with Crippen molar-refractivity contribution in [1.82, 2.24) is 0 Å². The molecule has 0 aromatic carbocycles. The molecule has 0 spiro atoms. The van der Waals surface area contributed by atoms with Crippen LogP contribution in [0, 0.1) is 5.92 Å². The first-order valence-electron chi connectivity index (χ1n) is 4.82. The van der Waals surface area contributed by atoms with Gasteiger partial charge in [0.1, 0.15) is 0 Å². The van der Waals surface area contributed by atoms with Crippen LogP contribution in [0.2, 0.25) is 0 Å². The molecule has 0 aliphatic carbocycles. The molecule has 0 atom stereocenters. The first-order valence-corrected chi connectivity index (χ1v) is 4.82. The normalized spacial score (nSPS) is 7.58. The van der Waals surface area contributed by atoms with Gasteiger partial charge in [-0.3, -0.25) is 4.79 Å². The summed E-state index contributed by atoms with van der Waals surface area (Å²) in [6, 6.07) is 0. The summed E-state index contributed by atoms with van der Waals surface area (Å²) in [5.41, 5.74) is 4.65. The minimum atomic E-state index is -0.245. The number of carbonyl (C=O) groups excluding carboxylic acids is 1. The van der Waals surface area contributed by atoms with E-state index in [2.05, 4.69) is 26.5 Å². The zero-order chi connectivity index (χ0) is 10.6. The van der Waals surface area contributed by atoms with Crippen molar-refractivity contribution in [3.8, 4) is 0 Å². The summed E-state index contributed by atoms with van der Waals surface area (Å²) < 4.78 is 0. The Labute approximate surface area is 79.0 Å². The number of rotatable bonds is 2. The molecule has 0 radical (unpaired) electrons. The van der Waals surface area contributed by atoms with E-state index in [1.807, 2.05) is 13.8 Å². The Balaban J connectivity index is -0.0000000491. The SMILES string of the molecule is CC.CCC(C)C.CCC(N)=O.[HH]. The maximum absolute atomic E-state index is 9.59. The largest absolute Gasteiger partial charge is 0.370 e. The molecule has 0 aliphatic heterocycles. The molecule has 0 rings (SSSR count). The number of carbonyl (C=O) groups is 1. The van der Waals surface area contributed by atoms with Gasteiger partial charge in [-0.15, -0.1) is 0 Å². The summed E-state index contributed by atoms with van der Waals surface area (Å²) in [6.07, 6.45) is 1.75. The predicted molar refractivity (Wildman–Crippen MR) is 58.1 cm³/mol. The third kappa shape index (κ3) is 56.4. The molecular weight excluding hydrogens is 150 g/mol. The van der Waals surface area contributed by atoms with E-state index in [0.717, 1.165) is 5.92 Å². The van der Waals surface area contributed by atoms with E-state index in [4.69, 9.17) is 0 Å². The van der Waals surface area contributed by atoms with Crippen LogP contribution < -0.4 is 5.73 Å². The van der Waals surface area contributed by atoms with Crippen LogP contribution in [-0.4, -0.2) is 5.91 Å². The lowest BCUT2D eigenvalue weighted by Crippen LogP contribution is -2.06. The van der Waals surface area contributed by atoms with Crippen LogP contribution >= 0.6 is 0 Å². The van der Waals surface area contributed by atoms with Crippen LogP contribution in [0.3, 0.4) is 0 Å². The average molecular weight is 177 g/mol. The van der Waals surface area contributed by atoms with Gasteiger partial charge < -0.3 is 5.73 Å². The standard InChI is InChI=1S/C5H12.C3H7NO.C2H6.H2/c1-4-5(2)3;1-2-3(4)5;1-2;/h5H,4H2,1-3H3;2H2,1H3,(H2,4,5);1-2H3;1H. The molecule has 0 aromatic rings. The molecule has 12 heavy (non-hydrogen) atoms. The van der Waals surface area contributed by atoms with Gasteiger partial charge >= 0.3 is 0 Å². The van der Waals surface area contributed by atoms with E-state index >= 15 is 0 Å². The van der Waals surface area contributed by atoms with Gasteiger partial charge in [0.2, 0.25) is 5.91 Å². The minimum absolute atomic E-state index is 0. The van der Waals surface area contributed by atoms with Crippen molar-refractivity contribution in [2.75, 3.05) is 0 Å². The fraction of sp³-hybridized carbons (Fsp3) is 0.900. The van der Waals surface area contributed by atoms with Crippen molar-refractivity contribution in [2.45, 2.75) is 54.4 Å². The van der Waals surface area contributed by atoms with Crippen LogP contribution in [0.15, 0.2) is 0 Å². The minimum Gasteiger partial charge on any atom is -0.370 e. The monoisotopic (exact) mass is 177 g/mol. The Morgan fingerprint density at radius 2 is 1.50 bits per heavy atom. The van der Waals surface area contributed by atoms with Crippen molar-refractivity contribution in [1.29, 1.82) is 0 Å². The highest BCUT2D eigenvalue weighted by Gasteiger charge is 1.80. The predicted octanol–water partition coefficient (Wildman–Crippen LogP) is 3.21. The molecule has 0 aliphatic rings. The fourth-order valence-corrected chi connectivity index (χ4v) is 0. The molecule has 0 saturated carbocycles. The van der Waals surface area contributed by atoms with Crippen molar-refractivity contribution in [3.05, 3.63) is 0 Å². The number of nitrogens with two attached hydrogens (primary N) is 1. The van der Waals surface area contributed by atoms with Crippen LogP contribution in [-0.2, 0) is 4.79 Å². The summed E-state index contributed by atoms with van der Waals surface area (Å²) in [7, 11) is 0. The lowest BCUT2D eigenvalue weighted by atomic mass is 10.2. The van der Waals surface area contributed by atoms with Gasteiger partial charge in [0.25, 0.3) is 0 Å². The maximum Gasteiger partial charge on any atom is 0.217 e. The molecule has 1 amide bonds. The Morgan fingerprint density at radius 1 is 1.33 bits per heavy atom. The van der Waals surface area contributed by atoms with Gasteiger partial charge in [-0.2, -0.15) is 0 Å². The Morgan fingerprint density at radius 3 is 1.50 bits per heavy atom. The van der Waals surface area contributed by atoms with E-state index in [1.54, 1.807) is 6.92 Å². The molecular formula is C10H27NO. The summed E-state index contributed by atoms with van der Waals surface area (Å²) in [5, 5.41) is 0. The van der Waals surface area contributed by atoms with Crippen LogP contribution in [0.1, 0.15) is 55.8 Å². The number of amides is 1. The zero-order valence-electron chi connectivity index (χ0n) is 9.48. The van der Waals surface area contributed by atoms with E-state index in [0.29, 0.717) is 6.42 Å². The molecule has 0 fully saturated rings. The van der Waals surface area contributed by atoms with Gasteiger partial charge in [-0.25, -0.2) is 0 Å². The molecule has 0 saturated heterocycles. The quantitative estimate of drug-likeness (QED) is 0.691. The molecule has 0 bridgehead atoms. The van der Waals surface area contributed by atoms with Gasteiger partial charge in [0, 0.05) is 7.85 Å². The van der Waals surface area contributed by atoms with Gasteiger partial charge in [0.15, 0.2) is 0 Å². The number of hydrogen-bond donors (Lipinski definition) is 1. The fourth-order valence-electron chi connectivity index (χ4n) is 0. The van der Waals surface area contributed by atoms with Crippen molar-refractivity contribution in [3.63, 3.8) is 0 Å². The van der Waals surface area contributed by atoms with Crippen molar-refractivity contribution < 1.29 is 6.22 Å². The molecule has 0 aromatic heterocycles. The first kappa shape index (κ1) is 17.5. The van der Waals surface area contributed by atoms with Gasteiger partial charge in [-0.1, -0.05) is 48.0 Å². The van der Waals surface area contributed by atoms with Crippen molar-refractivity contribution in [2.24, 2.45) is 11.7 Å². The van der Waals surface area contributed by atoms with Crippen LogP contribution in [0.5, 0.6) is 0 Å². The molecule has 2 N–H and O–H groups in total. The summed E-state index contributed by atoms with van der Waals surface area (Å²) in [4.78, 5) is 9.59. The molecule has 0 unspecified atom stereocenters. The second-order valence-electron chi connectivity index (χ2n) is 2.62. The lowest BCUT2D eigenvalue weighted by molar-refractivity contribution is -0.117. The van der Waals surface area contributed by atoms with E-state index in [1.165, 1.54) is 6.42 Å².